The van der Waals surface area contributed by atoms with E-state index in [9.17, 15) is 8.42 Å². The molecular weight excluding hydrogens is 474 g/mol. The lowest BCUT2D eigenvalue weighted by Crippen LogP contribution is -2.48. The zero-order valence-corrected chi connectivity index (χ0v) is 19.0. The Hall–Kier alpha value is -1.94. The van der Waals surface area contributed by atoms with Crippen molar-refractivity contribution in [1.82, 2.24) is 9.29 Å². The molecule has 1 saturated heterocycles. The molecule has 0 aliphatic carbocycles. The fraction of sp³-hybridized carbons (Fsp3) is 0.250. The standard InChI is InChI=1S/C20H20BrN3O3S2/c1-27-18-4-2-3-17(13-18)23-9-11-24(12-10-23)29(25,26)19-14-28-20(22-19)15-5-7-16(21)8-6-15/h2-8,13-14H,9-12H2,1H3. The molecule has 0 spiro atoms. The van der Waals surface area contributed by atoms with Crippen LogP contribution in [-0.2, 0) is 10.0 Å². The first kappa shape index (κ1) is 20.3. The monoisotopic (exact) mass is 493 g/mol. The molecule has 29 heavy (non-hydrogen) atoms. The molecule has 2 heterocycles. The number of methoxy groups -OCH3 is 1. The van der Waals surface area contributed by atoms with Crippen LogP contribution in [0.1, 0.15) is 0 Å². The number of ether oxygens (including phenoxy) is 1. The average molecular weight is 494 g/mol. The number of benzene rings is 2. The maximum atomic E-state index is 13.1. The molecular formula is C20H20BrN3O3S2. The minimum Gasteiger partial charge on any atom is -0.497 e. The summed E-state index contributed by atoms with van der Waals surface area (Å²) in [7, 11) is -1.96. The molecule has 9 heteroatoms. The van der Waals surface area contributed by atoms with Gasteiger partial charge in [0.15, 0.2) is 5.03 Å². The average Bonchev–Trinajstić information content (AvgIpc) is 3.25. The number of nitrogens with zero attached hydrogens (tertiary/aromatic N) is 3. The Labute approximate surface area is 182 Å². The van der Waals surface area contributed by atoms with E-state index in [4.69, 9.17) is 4.74 Å². The Kier molecular flexibility index (Phi) is 5.91. The number of anilines is 1. The normalized spacial score (nSPS) is 15.4. The smallest absolute Gasteiger partial charge is 0.261 e. The number of piperazine rings is 1. The number of hydrogen-bond acceptors (Lipinski definition) is 6. The summed E-state index contributed by atoms with van der Waals surface area (Å²) in [4.78, 5) is 6.57. The van der Waals surface area contributed by atoms with Gasteiger partial charge in [-0.25, -0.2) is 13.4 Å². The molecule has 0 amide bonds. The van der Waals surface area contributed by atoms with Gasteiger partial charge < -0.3 is 9.64 Å². The first-order chi connectivity index (χ1) is 14.0. The highest BCUT2D eigenvalue weighted by atomic mass is 79.9. The second kappa shape index (κ2) is 8.43. The SMILES string of the molecule is COc1cccc(N2CCN(S(=O)(=O)c3csc(-c4ccc(Br)cc4)n3)CC2)c1. The van der Waals surface area contributed by atoms with Crippen LogP contribution >= 0.6 is 27.3 Å². The number of aromatic nitrogens is 1. The van der Waals surface area contributed by atoms with Gasteiger partial charge in [-0.3, -0.25) is 0 Å². The Balaban J connectivity index is 1.47. The predicted molar refractivity (Wildman–Crippen MR) is 119 cm³/mol. The Bertz CT molecular complexity index is 1090. The van der Waals surface area contributed by atoms with Crippen molar-refractivity contribution in [2.75, 3.05) is 38.2 Å². The fourth-order valence-corrected chi connectivity index (χ4v) is 5.99. The quantitative estimate of drug-likeness (QED) is 0.535. The topological polar surface area (TPSA) is 62.7 Å². The van der Waals surface area contributed by atoms with Gasteiger partial charge in [-0.15, -0.1) is 11.3 Å². The van der Waals surface area contributed by atoms with E-state index in [0.29, 0.717) is 31.2 Å². The maximum absolute atomic E-state index is 13.1. The van der Waals surface area contributed by atoms with E-state index in [0.717, 1.165) is 21.5 Å². The van der Waals surface area contributed by atoms with Crippen molar-refractivity contribution in [3.8, 4) is 16.3 Å². The minimum absolute atomic E-state index is 0.121. The first-order valence-corrected chi connectivity index (χ1v) is 12.2. The van der Waals surface area contributed by atoms with E-state index in [1.807, 2.05) is 48.5 Å². The van der Waals surface area contributed by atoms with Crippen LogP contribution in [0.4, 0.5) is 5.69 Å². The number of hydrogen-bond donors (Lipinski definition) is 0. The zero-order valence-electron chi connectivity index (χ0n) is 15.8. The van der Waals surface area contributed by atoms with Crippen molar-refractivity contribution in [3.05, 3.63) is 58.4 Å². The van der Waals surface area contributed by atoms with E-state index < -0.39 is 10.0 Å². The molecule has 6 nitrogen and oxygen atoms in total. The third-order valence-electron chi connectivity index (χ3n) is 4.84. The Morgan fingerprint density at radius 1 is 1.07 bits per heavy atom. The number of thiazole rings is 1. The third-order valence-corrected chi connectivity index (χ3v) is 8.19. The fourth-order valence-electron chi connectivity index (χ4n) is 3.23. The molecule has 1 aromatic heterocycles. The van der Waals surface area contributed by atoms with Crippen molar-refractivity contribution in [3.63, 3.8) is 0 Å². The van der Waals surface area contributed by atoms with E-state index in [-0.39, 0.29) is 5.03 Å². The molecule has 3 aromatic rings. The summed E-state index contributed by atoms with van der Waals surface area (Å²) in [6, 6.07) is 15.5. The van der Waals surface area contributed by atoms with Gasteiger partial charge in [0, 0.05) is 53.3 Å². The maximum Gasteiger partial charge on any atom is 0.261 e. The lowest BCUT2D eigenvalue weighted by molar-refractivity contribution is 0.383. The van der Waals surface area contributed by atoms with Gasteiger partial charge in [-0.2, -0.15) is 4.31 Å². The van der Waals surface area contributed by atoms with Gasteiger partial charge in [0.05, 0.1) is 7.11 Å². The molecule has 2 aromatic carbocycles. The third kappa shape index (κ3) is 4.32. The molecule has 0 atom stereocenters. The molecule has 1 aliphatic heterocycles. The highest BCUT2D eigenvalue weighted by molar-refractivity contribution is 9.10. The molecule has 1 aliphatic rings. The summed E-state index contributed by atoms with van der Waals surface area (Å²) in [6.07, 6.45) is 0. The number of sulfonamides is 1. The lowest BCUT2D eigenvalue weighted by atomic mass is 10.2. The van der Waals surface area contributed by atoms with Crippen molar-refractivity contribution < 1.29 is 13.2 Å². The van der Waals surface area contributed by atoms with Gasteiger partial charge in [0.1, 0.15) is 10.8 Å². The summed E-state index contributed by atoms with van der Waals surface area (Å²) in [5.74, 6) is 0.792. The minimum atomic E-state index is -3.60. The summed E-state index contributed by atoms with van der Waals surface area (Å²) in [5.41, 5.74) is 1.94. The van der Waals surface area contributed by atoms with E-state index in [1.54, 1.807) is 12.5 Å². The van der Waals surface area contributed by atoms with Crippen molar-refractivity contribution in [1.29, 1.82) is 0 Å². The second-order valence-electron chi connectivity index (χ2n) is 6.59. The summed E-state index contributed by atoms with van der Waals surface area (Å²) < 4.78 is 33.9. The molecule has 4 rings (SSSR count). The van der Waals surface area contributed by atoms with Crippen molar-refractivity contribution in [2.24, 2.45) is 0 Å². The van der Waals surface area contributed by atoms with Crippen LogP contribution in [0.3, 0.4) is 0 Å². The van der Waals surface area contributed by atoms with Gasteiger partial charge in [-0.05, 0) is 24.3 Å². The van der Waals surface area contributed by atoms with Crippen molar-refractivity contribution in [2.45, 2.75) is 5.03 Å². The van der Waals surface area contributed by atoms with E-state index in [2.05, 4.69) is 25.8 Å². The first-order valence-electron chi connectivity index (χ1n) is 9.08. The molecule has 152 valence electrons. The van der Waals surface area contributed by atoms with Gasteiger partial charge in [0.2, 0.25) is 0 Å². The van der Waals surface area contributed by atoms with Crippen molar-refractivity contribution >= 4 is 43.0 Å². The number of rotatable bonds is 5. The van der Waals surface area contributed by atoms with Crippen LogP contribution in [0.25, 0.3) is 10.6 Å². The van der Waals surface area contributed by atoms with Crippen LogP contribution in [0, 0.1) is 0 Å². The predicted octanol–water partition coefficient (Wildman–Crippen LogP) is 4.09. The highest BCUT2D eigenvalue weighted by Gasteiger charge is 2.30. The Morgan fingerprint density at radius 2 is 1.79 bits per heavy atom. The second-order valence-corrected chi connectivity index (χ2v) is 10.2. The highest BCUT2D eigenvalue weighted by Crippen LogP contribution is 2.29. The van der Waals surface area contributed by atoms with Crippen LogP contribution in [0.15, 0.2) is 63.4 Å². The lowest BCUT2D eigenvalue weighted by Gasteiger charge is -2.35. The van der Waals surface area contributed by atoms with E-state index in [1.165, 1.54) is 15.6 Å². The van der Waals surface area contributed by atoms with Crippen LogP contribution in [0.2, 0.25) is 0 Å². The molecule has 0 bridgehead atoms. The molecule has 0 unspecified atom stereocenters. The van der Waals surface area contributed by atoms with Gasteiger partial charge in [0.25, 0.3) is 10.0 Å². The van der Waals surface area contributed by atoms with Crippen LogP contribution in [0.5, 0.6) is 5.75 Å². The summed E-state index contributed by atoms with van der Waals surface area (Å²) in [6.45, 7) is 2.08. The summed E-state index contributed by atoms with van der Waals surface area (Å²) >= 11 is 4.75. The Morgan fingerprint density at radius 3 is 2.48 bits per heavy atom. The number of halogens is 1. The molecule has 0 radical (unpaired) electrons. The van der Waals surface area contributed by atoms with Gasteiger partial charge in [-0.1, -0.05) is 34.1 Å². The molecule has 1 fully saturated rings. The van der Waals surface area contributed by atoms with Crippen LogP contribution < -0.4 is 9.64 Å². The molecule has 0 N–H and O–H groups in total. The summed E-state index contributed by atoms with van der Waals surface area (Å²) in [5, 5.41) is 2.45. The van der Waals surface area contributed by atoms with Crippen LogP contribution in [-0.4, -0.2) is 51.0 Å². The van der Waals surface area contributed by atoms with E-state index >= 15 is 0 Å². The largest absolute Gasteiger partial charge is 0.497 e. The zero-order chi connectivity index (χ0) is 20.4. The van der Waals surface area contributed by atoms with Gasteiger partial charge >= 0.3 is 0 Å². The molecule has 0 saturated carbocycles.